The molecule has 0 bridgehead atoms. The minimum Gasteiger partial charge on any atom is -0.494 e. The SMILES string of the molecule is CC(=O)NC[C@H](C)CCC1=C(C)[C@@H]2[C@H](C[C@H]3[C@H]4CC=C5C[C@@H](O)CC[C@]5(C)[C@@H]4CC[C@]23C)O1. The minimum atomic E-state index is -0.124. The molecule has 3 saturated carbocycles. The zero-order valence-electron chi connectivity index (χ0n) is 21.5. The van der Waals surface area contributed by atoms with Gasteiger partial charge in [0, 0.05) is 25.8 Å². The van der Waals surface area contributed by atoms with E-state index >= 15 is 0 Å². The maximum Gasteiger partial charge on any atom is 0.216 e. The Bertz CT molecular complexity index is 861. The van der Waals surface area contributed by atoms with Gasteiger partial charge in [-0.3, -0.25) is 4.79 Å². The van der Waals surface area contributed by atoms with Gasteiger partial charge in [-0.1, -0.05) is 32.4 Å². The highest BCUT2D eigenvalue weighted by molar-refractivity contribution is 5.72. The van der Waals surface area contributed by atoms with Crippen LogP contribution in [0.4, 0.5) is 0 Å². The number of nitrogens with one attached hydrogen (secondary N) is 1. The van der Waals surface area contributed by atoms with E-state index in [0.29, 0.717) is 28.8 Å². The van der Waals surface area contributed by atoms with Crippen LogP contribution in [0.25, 0.3) is 0 Å². The number of hydrogen-bond donors (Lipinski definition) is 2. The monoisotopic (exact) mass is 455 g/mol. The Balaban J connectivity index is 1.30. The van der Waals surface area contributed by atoms with Crippen LogP contribution in [0.3, 0.4) is 0 Å². The molecule has 0 saturated heterocycles. The molecule has 33 heavy (non-hydrogen) atoms. The van der Waals surface area contributed by atoms with Gasteiger partial charge in [-0.05, 0) is 98.4 Å². The maximum absolute atomic E-state index is 11.2. The van der Waals surface area contributed by atoms with Gasteiger partial charge < -0.3 is 15.2 Å². The Labute approximate surface area is 200 Å². The number of carbonyl (C=O) groups excluding carboxylic acids is 1. The molecule has 184 valence electrons. The second-order valence-electron chi connectivity index (χ2n) is 12.8. The van der Waals surface area contributed by atoms with E-state index in [2.05, 4.69) is 39.1 Å². The summed E-state index contributed by atoms with van der Waals surface area (Å²) < 4.78 is 6.70. The molecule has 5 aliphatic rings. The Hall–Kier alpha value is -1.29. The number of aliphatic hydroxyl groups is 1. The summed E-state index contributed by atoms with van der Waals surface area (Å²) in [5.41, 5.74) is 3.75. The highest BCUT2D eigenvalue weighted by Gasteiger charge is 2.63. The standard InChI is InChI=1S/C29H45NO3/c1-17(16-30-19(3)31)6-9-25-18(2)27-26(33-25)15-24-22-8-7-20-14-21(32)10-12-28(20,4)23(22)11-13-29(24,27)5/h7,17,21-24,26-27,32H,6,8-16H2,1-5H3,(H,30,31)/t17-,21+,22+,23-,24+,26+,27-,28+,29+/m1/s1. The normalized spacial score (nSPS) is 44.7. The molecule has 0 spiro atoms. The summed E-state index contributed by atoms with van der Waals surface area (Å²) in [6, 6.07) is 0. The molecule has 2 N–H and O–H groups in total. The number of allylic oxidation sites excluding steroid dienone is 2. The molecule has 5 rings (SSSR count). The van der Waals surface area contributed by atoms with Crippen molar-refractivity contribution in [3.8, 4) is 0 Å². The molecule has 0 aromatic rings. The Morgan fingerprint density at radius 1 is 1.27 bits per heavy atom. The number of ether oxygens (including phenoxy) is 1. The van der Waals surface area contributed by atoms with E-state index in [1.165, 1.54) is 37.0 Å². The van der Waals surface area contributed by atoms with Crippen molar-refractivity contribution < 1.29 is 14.6 Å². The van der Waals surface area contributed by atoms with Crippen LogP contribution in [0.5, 0.6) is 0 Å². The lowest BCUT2D eigenvalue weighted by Crippen LogP contribution is -2.50. The molecule has 0 radical (unpaired) electrons. The first-order chi connectivity index (χ1) is 15.6. The van der Waals surface area contributed by atoms with Crippen molar-refractivity contribution in [1.82, 2.24) is 5.32 Å². The zero-order valence-corrected chi connectivity index (χ0v) is 21.5. The first-order valence-electron chi connectivity index (χ1n) is 13.6. The summed E-state index contributed by atoms with van der Waals surface area (Å²) >= 11 is 0. The van der Waals surface area contributed by atoms with Crippen molar-refractivity contribution in [1.29, 1.82) is 0 Å². The van der Waals surface area contributed by atoms with E-state index in [1.807, 2.05) is 0 Å². The fourth-order valence-electron chi connectivity index (χ4n) is 9.02. The Morgan fingerprint density at radius 2 is 2.06 bits per heavy atom. The smallest absolute Gasteiger partial charge is 0.216 e. The van der Waals surface area contributed by atoms with Crippen LogP contribution in [0.15, 0.2) is 23.0 Å². The second-order valence-corrected chi connectivity index (χ2v) is 12.8. The van der Waals surface area contributed by atoms with Gasteiger partial charge in [0.05, 0.1) is 11.9 Å². The average molecular weight is 456 g/mol. The third-order valence-corrected chi connectivity index (χ3v) is 10.8. The van der Waals surface area contributed by atoms with Crippen LogP contribution < -0.4 is 5.32 Å². The molecule has 4 heteroatoms. The van der Waals surface area contributed by atoms with Crippen molar-refractivity contribution in [2.45, 2.75) is 105 Å². The fourth-order valence-corrected chi connectivity index (χ4v) is 9.02. The summed E-state index contributed by atoms with van der Waals surface area (Å²) in [7, 11) is 0. The third-order valence-electron chi connectivity index (χ3n) is 10.8. The number of amides is 1. The molecule has 1 aliphatic heterocycles. The lowest BCUT2D eigenvalue weighted by molar-refractivity contribution is -0.119. The summed E-state index contributed by atoms with van der Waals surface area (Å²) in [6.07, 6.45) is 13.0. The van der Waals surface area contributed by atoms with Gasteiger partial charge in [-0.2, -0.15) is 0 Å². The van der Waals surface area contributed by atoms with Crippen LogP contribution in [0, 0.1) is 40.4 Å². The Morgan fingerprint density at radius 3 is 2.82 bits per heavy atom. The van der Waals surface area contributed by atoms with Crippen molar-refractivity contribution in [3.63, 3.8) is 0 Å². The lowest BCUT2D eigenvalue weighted by Gasteiger charge is -2.57. The fraction of sp³-hybridized carbons (Fsp3) is 0.828. The van der Waals surface area contributed by atoms with Crippen molar-refractivity contribution in [2.24, 2.45) is 40.4 Å². The van der Waals surface area contributed by atoms with Gasteiger partial charge in [0.1, 0.15) is 6.10 Å². The van der Waals surface area contributed by atoms with Crippen LogP contribution in [0.2, 0.25) is 0 Å². The molecule has 3 fully saturated rings. The maximum atomic E-state index is 11.2. The molecular formula is C29H45NO3. The van der Waals surface area contributed by atoms with Crippen molar-refractivity contribution >= 4 is 5.91 Å². The minimum absolute atomic E-state index is 0.0569. The first-order valence-corrected chi connectivity index (χ1v) is 13.6. The molecule has 0 unspecified atom stereocenters. The molecule has 9 atom stereocenters. The van der Waals surface area contributed by atoms with Crippen LogP contribution >= 0.6 is 0 Å². The zero-order chi connectivity index (χ0) is 23.5. The number of rotatable bonds is 5. The average Bonchev–Trinajstić information content (AvgIpc) is 3.24. The van der Waals surface area contributed by atoms with Crippen molar-refractivity contribution in [3.05, 3.63) is 23.0 Å². The first kappa shape index (κ1) is 23.5. The molecule has 0 aromatic heterocycles. The van der Waals surface area contributed by atoms with E-state index in [4.69, 9.17) is 4.74 Å². The van der Waals surface area contributed by atoms with E-state index in [-0.39, 0.29) is 12.0 Å². The van der Waals surface area contributed by atoms with Gasteiger partial charge in [0.15, 0.2) is 0 Å². The number of aliphatic hydroxyl groups excluding tert-OH is 1. The van der Waals surface area contributed by atoms with E-state index in [1.54, 1.807) is 12.5 Å². The lowest BCUT2D eigenvalue weighted by atomic mass is 9.47. The van der Waals surface area contributed by atoms with E-state index < -0.39 is 0 Å². The van der Waals surface area contributed by atoms with Gasteiger partial charge in [0.2, 0.25) is 5.91 Å². The van der Waals surface area contributed by atoms with Gasteiger partial charge >= 0.3 is 0 Å². The molecule has 1 heterocycles. The number of hydrogen-bond acceptors (Lipinski definition) is 3. The predicted octanol–water partition coefficient (Wildman–Crippen LogP) is 5.76. The molecule has 4 aliphatic carbocycles. The third kappa shape index (κ3) is 3.79. The van der Waals surface area contributed by atoms with E-state index in [0.717, 1.165) is 56.4 Å². The quantitative estimate of drug-likeness (QED) is 0.518. The summed E-state index contributed by atoms with van der Waals surface area (Å²) in [4.78, 5) is 11.2. The second kappa shape index (κ2) is 8.43. The van der Waals surface area contributed by atoms with Gasteiger partial charge in [-0.15, -0.1) is 0 Å². The predicted molar refractivity (Wildman–Crippen MR) is 131 cm³/mol. The Kier molecular flexibility index (Phi) is 5.99. The molecule has 4 nitrogen and oxygen atoms in total. The molecule has 0 aromatic carbocycles. The van der Waals surface area contributed by atoms with Crippen LogP contribution in [-0.2, 0) is 9.53 Å². The van der Waals surface area contributed by atoms with E-state index in [9.17, 15) is 9.90 Å². The van der Waals surface area contributed by atoms with Crippen LogP contribution in [0.1, 0.15) is 92.4 Å². The summed E-state index contributed by atoms with van der Waals surface area (Å²) in [6.45, 7) is 12.0. The highest BCUT2D eigenvalue weighted by Crippen LogP contribution is 2.68. The largest absolute Gasteiger partial charge is 0.494 e. The number of fused-ring (bicyclic) bond motifs is 7. The van der Waals surface area contributed by atoms with Gasteiger partial charge in [-0.25, -0.2) is 0 Å². The molecule has 1 amide bonds. The van der Waals surface area contributed by atoms with Gasteiger partial charge in [0.25, 0.3) is 0 Å². The molecular weight excluding hydrogens is 410 g/mol. The van der Waals surface area contributed by atoms with Crippen LogP contribution in [-0.4, -0.2) is 29.8 Å². The highest BCUT2D eigenvalue weighted by atomic mass is 16.5. The number of carbonyl (C=O) groups is 1. The van der Waals surface area contributed by atoms with Crippen molar-refractivity contribution in [2.75, 3.05) is 6.54 Å². The summed E-state index contributed by atoms with van der Waals surface area (Å²) in [5.74, 6) is 4.66. The summed E-state index contributed by atoms with van der Waals surface area (Å²) in [5, 5.41) is 13.2. The topological polar surface area (TPSA) is 58.6 Å².